The fourth-order valence-corrected chi connectivity index (χ4v) is 2.80. The number of nitrogens with zero attached hydrogens (tertiary/aromatic N) is 2. The van der Waals surface area contributed by atoms with E-state index in [2.05, 4.69) is 9.55 Å². The molecular formula is C13H14Cl2N2O. The van der Waals surface area contributed by atoms with E-state index in [1.165, 1.54) is 0 Å². The molecule has 1 saturated heterocycles. The van der Waals surface area contributed by atoms with Crippen LogP contribution in [0.1, 0.15) is 30.6 Å². The molecule has 3 rings (SSSR count). The van der Waals surface area contributed by atoms with Crippen molar-refractivity contribution in [3.63, 3.8) is 0 Å². The second kappa shape index (κ2) is 4.72. The number of imidazole rings is 1. The minimum atomic E-state index is -0.128. The molecule has 1 aromatic heterocycles. The first kappa shape index (κ1) is 12.3. The Kier molecular flexibility index (Phi) is 3.22. The third kappa shape index (κ3) is 2.00. The van der Waals surface area contributed by atoms with Crippen molar-refractivity contribution in [3.8, 4) is 0 Å². The van der Waals surface area contributed by atoms with Gasteiger partial charge in [0.25, 0.3) is 0 Å². The van der Waals surface area contributed by atoms with Crippen LogP contribution in [0.3, 0.4) is 0 Å². The van der Waals surface area contributed by atoms with Crippen LogP contribution in [-0.2, 0) is 4.74 Å². The van der Waals surface area contributed by atoms with Gasteiger partial charge < -0.3 is 9.30 Å². The van der Waals surface area contributed by atoms with Gasteiger partial charge in [-0.3, -0.25) is 0 Å². The van der Waals surface area contributed by atoms with Crippen molar-refractivity contribution in [3.05, 3.63) is 29.0 Å². The summed E-state index contributed by atoms with van der Waals surface area (Å²) in [7, 11) is 0. The first-order valence-electron chi connectivity index (χ1n) is 6.06. The highest BCUT2D eigenvalue weighted by molar-refractivity contribution is 6.31. The summed E-state index contributed by atoms with van der Waals surface area (Å²) in [5.41, 5.74) is 1.98. The van der Waals surface area contributed by atoms with Crippen molar-refractivity contribution >= 4 is 34.2 Å². The molecule has 1 fully saturated rings. The fourth-order valence-electron chi connectivity index (χ4n) is 2.47. The largest absolute Gasteiger partial charge is 0.379 e. The van der Waals surface area contributed by atoms with E-state index in [0.29, 0.717) is 12.6 Å². The van der Waals surface area contributed by atoms with E-state index < -0.39 is 0 Å². The topological polar surface area (TPSA) is 27.1 Å². The normalized spacial score (nSPS) is 21.6. The Hall–Kier alpha value is -0.770. The number of alkyl halides is 1. The van der Waals surface area contributed by atoms with Gasteiger partial charge >= 0.3 is 0 Å². The molecule has 0 aliphatic carbocycles. The fraction of sp³-hybridized carbons (Fsp3) is 0.462. The molecule has 0 radical (unpaired) electrons. The Morgan fingerprint density at radius 1 is 1.50 bits per heavy atom. The third-order valence-electron chi connectivity index (χ3n) is 3.31. The van der Waals surface area contributed by atoms with Crippen LogP contribution in [0.15, 0.2) is 18.2 Å². The third-order valence-corrected chi connectivity index (χ3v) is 3.74. The van der Waals surface area contributed by atoms with Gasteiger partial charge in [0.1, 0.15) is 5.82 Å². The highest BCUT2D eigenvalue weighted by atomic mass is 35.5. The SMILES string of the molecule is CC(Cl)c1nc2ccc(Cl)cc2n1C1CCOC1. The summed E-state index contributed by atoms with van der Waals surface area (Å²) in [6.07, 6.45) is 0.995. The minimum absolute atomic E-state index is 0.128. The number of rotatable bonds is 2. The Bertz CT molecular complexity index is 574. The highest BCUT2D eigenvalue weighted by Crippen LogP contribution is 2.32. The molecule has 3 nitrogen and oxygen atoms in total. The van der Waals surface area contributed by atoms with Crippen LogP contribution in [0.25, 0.3) is 11.0 Å². The number of benzene rings is 1. The number of ether oxygens (including phenoxy) is 1. The van der Waals surface area contributed by atoms with Gasteiger partial charge in [-0.05, 0) is 31.5 Å². The lowest BCUT2D eigenvalue weighted by Crippen LogP contribution is -2.12. The molecule has 2 heterocycles. The highest BCUT2D eigenvalue weighted by Gasteiger charge is 2.24. The van der Waals surface area contributed by atoms with Crippen LogP contribution in [-0.4, -0.2) is 22.8 Å². The summed E-state index contributed by atoms with van der Waals surface area (Å²) < 4.78 is 7.66. The molecule has 5 heteroatoms. The lowest BCUT2D eigenvalue weighted by Gasteiger charge is -2.16. The minimum Gasteiger partial charge on any atom is -0.379 e. The van der Waals surface area contributed by atoms with Gasteiger partial charge in [0.2, 0.25) is 0 Å². The number of hydrogen-bond acceptors (Lipinski definition) is 2. The lowest BCUT2D eigenvalue weighted by atomic mass is 10.2. The zero-order valence-corrected chi connectivity index (χ0v) is 11.6. The molecule has 0 spiro atoms. The van der Waals surface area contributed by atoms with Gasteiger partial charge in [-0.25, -0.2) is 4.98 Å². The molecular weight excluding hydrogens is 271 g/mol. The summed E-state index contributed by atoms with van der Waals surface area (Å²) in [5, 5.41) is 0.591. The van der Waals surface area contributed by atoms with E-state index >= 15 is 0 Å². The summed E-state index contributed by atoms with van der Waals surface area (Å²) in [6, 6.07) is 6.05. The molecule has 0 amide bonds. The zero-order chi connectivity index (χ0) is 12.7. The second-order valence-electron chi connectivity index (χ2n) is 4.61. The Labute approximate surface area is 116 Å². The van der Waals surface area contributed by atoms with Crippen LogP contribution in [0, 0.1) is 0 Å². The zero-order valence-electron chi connectivity index (χ0n) is 10.1. The number of aromatic nitrogens is 2. The van der Waals surface area contributed by atoms with E-state index in [-0.39, 0.29) is 5.38 Å². The van der Waals surface area contributed by atoms with Gasteiger partial charge in [-0.2, -0.15) is 0 Å². The molecule has 2 unspecified atom stereocenters. The Balaban J connectivity index is 2.22. The maximum Gasteiger partial charge on any atom is 0.128 e. The van der Waals surface area contributed by atoms with Crippen molar-refractivity contribution in [1.82, 2.24) is 9.55 Å². The van der Waals surface area contributed by atoms with Gasteiger partial charge in [0.15, 0.2) is 0 Å². The van der Waals surface area contributed by atoms with E-state index in [1.807, 2.05) is 25.1 Å². The standard InChI is InChI=1S/C13H14Cl2N2O/c1-8(14)13-16-11-3-2-9(15)6-12(11)17(13)10-4-5-18-7-10/h2-3,6,8,10H,4-5,7H2,1H3. The average molecular weight is 285 g/mol. The van der Waals surface area contributed by atoms with Gasteiger partial charge in [-0.1, -0.05) is 11.6 Å². The van der Waals surface area contributed by atoms with Crippen LogP contribution < -0.4 is 0 Å². The van der Waals surface area contributed by atoms with Crippen molar-refractivity contribution in [2.24, 2.45) is 0 Å². The molecule has 2 aromatic rings. The second-order valence-corrected chi connectivity index (χ2v) is 5.70. The number of hydrogen-bond donors (Lipinski definition) is 0. The lowest BCUT2D eigenvalue weighted by molar-refractivity contribution is 0.186. The Morgan fingerprint density at radius 2 is 2.33 bits per heavy atom. The number of halogens is 2. The maximum absolute atomic E-state index is 6.24. The van der Waals surface area contributed by atoms with Gasteiger partial charge in [0.05, 0.1) is 29.1 Å². The molecule has 1 aromatic carbocycles. The van der Waals surface area contributed by atoms with E-state index in [0.717, 1.165) is 34.9 Å². The van der Waals surface area contributed by atoms with Crippen LogP contribution in [0.4, 0.5) is 0 Å². The van der Waals surface area contributed by atoms with Crippen LogP contribution >= 0.6 is 23.2 Å². The molecule has 0 saturated carbocycles. The first-order valence-corrected chi connectivity index (χ1v) is 6.87. The molecule has 1 aliphatic heterocycles. The Morgan fingerprint density at radius 3 is 3.00 bits per heavy atom. The molecule has 18 heavy (non-hydrogen) atoms. The summed E-state index contributed by atoms with van der Waals surface area (Å²) in [6.45, 7) is 3.45. The van der Waals surface area contributed by atoms with Crippen molar-refractivity contribution in [1.29, 1.82) is 0 Å². The maximum atomic E-state index is 6.24. The van der Waals surface area contributed by atoms with Crippen LogP contribution in [0.2, 0.25) is 5.02 Å². The number of fused-ring (bicyclic) bond motifs is 1. The molecule has 96 valence electrons. The molecule has 2 atom stereocenters. The van der Waals surface area contributed by atoms with Crippen LogP contribution in [0.5, 0.6) is 0 Å². The van der Waals surface area contributed by atoms with Crippen molar-refractivity contribution in [2.75, 3.05) is 13.2 Å². The van der Waals surface area contributed by atoms with Gasteiger partial charge in [0, 0.05) is 11.6 Å². The molecule has 0 N–H and O–H groups in total. The quantitative estimate of drug-likeness (QED) is 0.781. The summed E-state index contributed by atoms with van der Waals surface area (Å²) >= 11 is 12.3. The average Bonchev–Trinajstić information content (AvgIpc) is 2.93. The molecule has 1 aliphatic rings. The predicted octanol–water partition coefficient (Wildman–Crippen LogP) is 3.95. The predicted molar refractivity (Wildman–Crippen MR) is 73.5 cm³/mol. The van der Waals surface area contributed by atoms with E-state index in [4.69, 9.17) is 27.9 Å². The molecule has 0 bridgehead atoms. The van der Waals surface area contributed by atoms with Gasteiger partial charge in [-0.15, -0.1) is 11.6 Å². The van der Waals surface area contributed by atoms with E-state index in [9.17, 15) is 0 Å². The monoisotopic (exact) mass is 284 g/mol. The summed E-state index contributed by atoms with van der Waals surface area (Å²) in [5.74, 6) is 0.893. The van der Waals surface area contributed by atoms with E-state index in [1.54, 1.807) is 0 Å². The van der Waals surface area contributed by atoms with Crippen molar-refractivity contribution in [2.45, 2.75) is 24.8 Å². The smallest absolute Gasteiger partial charge is 0.128 e. The van der Waals surface area contributed by atoms with Crippen molar-refractivity contribution < 1.29 is 4.74 Å². The summed E-state index contributed by atoms with van der Waals surface area (Å²) in [4.78, 5) is 4.61. The first-order chi connectivity index (χ1) is 8.66.